The van der Waals surface area contributed by atoms with Gasteiger partial charge in [-0.2, -0.15) is 0 Å². The summed E-state index contributed by atoms with van der Waals surface area (Å²) in [6.45, 7) is 1.79. The van der Waals surface area contributed by atoms with Crippen LogP contribution in [0.5, 0.6) is 0 Å². The fourth-order valence-electron chi connectivity index (χ4n) is 2.67. The van der Waals surface area contributed by atoms with Crippen LogP contribution in [0.1, 0.15) is 25.9 Å². The molecule has 2 N–H and O–H groups in total. The Morgan fingerprint density at radius 3 is 2.45 bits per heavy atom. The summed E-state index contributed by atoms with van der Waals surface area (Å²) in [7, 11) is 0. The highest BCUT2D eigenvalue weighted by molar-refractivity contribution is 7.17. The Bertz CT molecular complexity index is 1150. The van der Waals surface area contributed by atoms with Crippen LogP contribution in [0.15, 0.2) is 71.5 Å². The Labute approximate surface area is 170 Å². The third-order valence-corrected chi connectivity index (χ3v) is 5.19. The van der Waals surface area contributed by atoms with Gasteiger partial charge in [0.25, 0.3) is 11.8 Å². The lowest BCUT2D eigenvalue weighted by Gasteiger charge is -2.07. The van der Waals surface area contributed by atoms with Gasteiger partial charge in [-0.1, -0.05) is 12.1 Å². The summed E-state index contributed by atoms with van der Waals surface area (Å²) in [4.78, 5) is 34.1. The van der Waals surface area contributed by atoms with E-state index in [1.165, 1.54) is 17.6 Å². The number of aryl methyl sites for hydroxylation is 1. The van der Waals surface area contributed by atoms with Crippen LogP contribution in [0.2, 0.25) is 0 Å². The summed E-state index contributed by atoms with van der Waals surface area (Å²) in [6.07, 6.45) is 3.12. The number of pyridine rings is 1. The van der Waals surface area contributed by atoms with Gasteiger partial charge in [-0.25, -0.2) is 4.98 Å². The van der Waals surface area contributed by atoms with Crippen molar-refractivity contribution in [2.24, 2.45) is 0 Å². The first-order chi connectivity index (χ1) is 14.1. The van der Waals surface area contributed by atoms with E-state index in [-0.39, 0.29) is 17.6 Å². The van der Waals surface area contributed by atoms with Gasteiger partial charge in [0.2, 0.25) is 0 Å². The molecule has 2 amide bonds. The predicted molar refractivity (Wildman–Crippen MR) is 111 cm³/mol. The number of aromatic nitrogens is 2. The Balaban J connectivity index is 1.49. The molecule has 29 heavy (non-hydrogen) atoms. The van der Waals surface area contributed by atoms with Gasteiger partial charge < -0.3 is 15.1 Å². The molecule has 0 bridgehead atoms. The third kappa shape index (κ3) is 4.22. The van der Waals surface area contributed by atoms with Crippen molar-refractivity contribution in [2.45, 2.75) is 6.92 Å². The largest absolute Gasteiger partial charge is 0.459 e. The zero-order chi connectivity index (χ0) is 20.2. The van der Waals surface area contributed by atoms with E-state index in [4.69, 9.17) is 4.42 Å². The molecule has 8 heteroatoms. The highest BCUT2D eigenvalue weighted by Gasteiger charge is 2.17. The molecule has 4 rings (SSSR count). The maximum Gasteiger partial charge on any atom is 0.291 e. The second-order valence-electron chi connectivity index (χ2n) is 6.11. The Morgan fingerprint density at radius 1 is 0.966 bits per heavy atom. The van der Waals surface area contributed by atoms with Crippen LogP contribution in [-0.4, -0.2) is 21.8 Å². The lowest BCUT2D eigenvalue weighted by atomic mass is 10.2. The maximum atomic E-state index is 12.7. The molecule has 0 saturated heterocycles. The monoisotopic (exact) mass is 404 g/mol. The first-order valence-corrected chi connectivity index (χ1v) is 9.57. The summed E-state index contributed by atoms with van der Waals surface area (Å²) >= 11 is 1.29. The average molecular weight is 404 g/mol. The average Bonchev–Trinajstić information content (AvgIpc) is 3.39. The topological polar surface area (TPSA) is 97.1 Å². The van der Waals surface area contributed by atoms with Crippen molar-refractivity contribution in [3.8, 4) is 10.7 Å². The summed E-state index contributed by atoms with van der Waals surface area (Å²) in [5, 5.41) is 6.27. The summed E-state index contributed by atoms with van der Waals surface area (Å²) < 4.78 is 5.08. The highest BCUT2D eigenvalue weighted by Crippen LogP contribution is 2.27. The van der Waals surface area contributed by atoms with E-state index in [0.29, 0.717) is 27.0 Å². The molecule has 0 aliphatic rings. The van der Waals surface area contributed by atoms with Gasteiger partial charge in [0, 0.05) is 17.6 Å². The van der Waals surface area contributed by atoms with Gasteiger partial charge >= 0.3 is 0 Å². The lowest BCUT2D eigenvalue weighted by molar-refractivity contribution is 0.0995. The van der Waals surface area contributed by atoms with E-state index in [2.05, 4.69) is 20.6 Å². The van der Waals surface area contributed by atoms with Crippen LogP contribution >= 0.6 is 11.3 Å². The van der Waals surface area contributed by atoms with Crippen LogP contribution in [-0.2, 0) is 0 Å². The van der Waals surface area contributed by atoms with Crippen LogP contribution in [0.4, 0.5) is 11.4 Å². The zero-order valence-electron chi connectivity index (χ0n) is 15.4. The van der Waals surface area contributed by atoms with E-state index in [0.717, 1.165) is 5.69 Å². The van der Waals surface area contributed by atoms with Crippen LogP contribution < -0.4 is 10.6 Å². The van der Waals surface area contributed by atoms with Crippen molar-refractivity contribution >= 4 is 34.5 Å². The van der Waals surface area contributed by atoms with Crippen LogP contribution in [0.3, 0.4) is 0 Å². The van der Waals surface area contributed by atoms with Crippen LogP contribution in [0, 0.1) is 6.92 Å². The number of carbonyl (C=O) groups is 2. The number of benzene rings is 1. The van der Waals surface area contributed by atoms with Gasteiger partial charge in [-0.15, -0.1) is 11.3 Å². The first kappa shape index (κ1) is 18.6. The number of thiazole rings is 1. The fourth-order valence-corrected chi connectivity index (χ4v) is 3.61. The molecular weight excluding hydrogens is 388 g/mol. The molecule has 0 aliphatic carbocycles. The van der Waals surface area contributed by atoms with Crippen molar-refractivity contribution in [1.82, 2.24) is 9.97 Å². The molecule has 1 aromatic carbocycles. The predicted octanol–water partition coefficient (Wildman–Crippen LogP) is 4.61. The Hall–Kier alpha value is -3.78. The number of carbonyl (C=O) groups excluding carboxylic acids is 2. The zero-order valence-corrected chi connectivity index (χ0v) is 16.2. The smallest absolute Gasteiger partial charge is 0.291 e. The van der Waals surface area contributed by atoms with E-state index in [1.54, 1.807) is 49.5 Å². The minimum atomic E-state index is -0.364. The number of furan rings is 1. The standard InChI is InChI=1S/C21H16N4O3S/c1-13-18(29-21(23-13)16-8-2-3-10-22-16)20(27)25-15-7-4-6-14(12-15)24-19(26)17-9-5-11-28-17/h2-12H,1H3,(H,24,26)(H,25,27). The quantitative estimate of drug-likeness (QED) is 0.506. The summed E-state index contributed by atoms with van der Waals surface area (Å²) in [6, 6.07) is 15.7. The van der Waals surface area contributed by atoms with Crippen molar-refractivity contribution in [3.05, 3.63) is 83.4 Å². The molecule has 0 unspecified atom stereocenters. The van der Waals surface area contributed by atoms with E-state index < -0.39 is 0 Å². The molecule has 0 atom stereocenters. The lowest BCUT2D eigenvalue weighted by Crippen LogP contribution is -2.13. The number of nitrogens with one attached hydrogen (secondary N) is 2. The van der Waals surface area contributed by atoms with Crippen molar-refractivity contribution in [3.63, 3.8) is 0 Å². The second kappa shape index (κ2) is 8.07. The van der Waals surface area contributed by atoms with Gasteiger partial charge in [-0.05, 0) is 49.4 Å². The van der Waals surface area contributed by atoms with E-state index >= 15 is 0 Å². The molecule has 7 nitrogen and oxygen atoms in total. The number of nitrogens with zero attached hydrogens (tertiary/aromatic N) is 2. The molecule has 0 fully saturated rings. The number of hydrogen-bond acceptors (Lipinski definition) is 6. The highest BCUT2D eigenvalue weighted by atomic mass is 32.1. The summed E-state index contributed by atoms with van der Waals surface area (Å²) in [5.74, 6) is -0.421. The number of amides is 2. The molecule has 0 radical (unpaired) electrons. The molecule has 0 saturated carbocycles. The SMILES string of the molecule is Cc1nc(-c2ccccn2)sc1C(=O)Nc1cccc(NC(=O)c2ccco2)c1. The molecule has 3 heterocycles. The molecule has 0 spiro atoms. The van der Waals surface area contributed by atoms with Gasteiger partial charge in [0.1, 0.15) is 9.88 Å². The fraction of sp³-hybridized carbons (Fsp3) is 0.0476. The van der Waals surface area contributed by atoms with E-state index in [9.17, 15) is 9.59 Å². The molecular formula is C21H16N4O3S. The van der Waals surface area contributed by atoms with Gasteiger partial charge in [-0.3, -0.25) is 14.6 Å². The Morgan fingerprint density at radius 2 is 1.76 bits per heavy atom. The van der Waals surface area contributed by atoms with Crippen LogP contribution in [0.25, 0.3) is 10.7 Å². The molecule has 144 valence electrons. The Kier molecular flexibility index (Phi) is 5.17. The molecule has 4 aromatic rings. The molecule has 3 aromatic heterocycles. The van der Waals surface area contributed by atoms with Gasteiger partial charge in [0.05, 0.1) is 17.7 Å². The maximum absolute atomic E-state index is 12.7. The normalized spacial score (nSPS) is 10.5. The van der Waals surface area contributed by atoms with Crippen molar-refractivity contribution < 1.29 is 14.0 Å². The minimum Gasteiger partial charge on any atom is -0.459 e. The third-order valence-electron chi connectivity index (χ3n) is 4.01. The molecule has 0 aliphatic heterocycles. The van der Waals surface area contributed by atoms with E-state index in [1.807, 2.05) is 18.2 Å². The number of rotatable bonds is 5. The summed E-state index contributed by atoms with van der Waals surface area (Å²) in [5.41, 5.74) is 2.46. The number of hydrogen-bond donors (Lipinski definition) is 2. The second-order valence-corrected chi connectivity index (χ2v) is 7.11. The minimum absolute atomic E-state index is 0.210. The van der Waals surface area contributed by atoms with Gasteiger partial charge in [0.15, 0.2) is 5.76 Å². The number of anilines is 2. The van der Waals surface area contributed by atoms with Crippen molar-refractivity contribution in [1.29, 1.82) is 0 Å². The first-order valence-electron chi connectivity index (χ1n) is 8.75. The van der Waals surface area contributed by atoms with Crippen molar-refractivity contribution in [2.75, 3.05) is 10.6 Å².